The molecule has 0 bridgehead atoms. The lowest BCUT2D eigenvalue weighted by atomic mass is 10.2. The molecule has 0 aliphatic carbocycles. The molecule has 6 nitrogen and oxygen atoms in total. The van der Waals surface area contributed by atoms with Gasteiger partial charge in [0, 0.05) is 45.0 Å². The summed E-state index contributed by atoms with van der Waals surface area (Å²) in [6.45, 7) is 5.92. The number of hydrogen-bond donors (Lipinski definition) is 0. The lowest BCUT2D eigenvalue weighted by molar-refractivity contribution is -0.116. The third-order valence-electron chi connectivity index (χ3n) is 4.43. The number of urea groups is 1. The second-order valence-electron chi connectivity index (χ2n) is 6.11. The number of benzene rings is 1. The van der Waals surface area contributed by atoms with E-state index in [-0.39, 0.29) is 11.9 Å². The zero-order valence-electron chi connectivity index (χ0n) is 14.6. The van der Waals surface area contributed by atoms with E-state index in [1.54, 1.807) is 23.4 Å². The summed E-state index contributed by atoms with van der Waals surface area (Å²) in [4.78, 5) is 34.3. The Balaban J connectivity index is 1.72. The third-order valence-corrected chi connectivity index (χ3v) is 4.43. The van der Waals surface area contributed by atoms with Gasteiger partial charge in [-0.2, -0.15) is 0 Å². The summed E-state index contributed by atoms with van der Waals surface area (Å²) in [5.41, 5.74) is 2.55. The summed E-state index contributed by atoms with van der Waals surface area (Å²) >= 11 is 0. The number of amides is 3. The summed E-state index contributed by atoms with van der Waals surface area (Å²) in [6, 6.07) is 11.7. The number of carbonyl (C=O) groups is 2. The maximum atomic E-state index is 12.9. The van der Waals surface area contributed by atoms with Gasteiger partial charge in [-0.15, -0.1) is 0 Å². The Morgan fingerprint density at radius 1 is 1.04 bits per heavy atom. The summed E-state index contributed by atoms with van der Waals surface area (Å²) in [7, 11) is 0. The largest absolute Gasteiger partial charge is 0.368 e. The summed E-state index contributed by atoms with van der Waals surface area (Å²) in [5.74, 6) is -0.299. The van der Waals surface area contributed by atoms with E-state index in [4.69, 9.17) is 0 Å². The minimum Gasteiger partial charge on any atom is -0.368 e. The van der Waals surface area contributed by atoms with Crippen LogP contribution in [0.1, 0.15) is 12.5 Å². The molecule has 1 saturated heterocycles. The lowest BCUT2D eigenvalue weighted by Crippen LogP contribution is -2.54. The van der Waals surface area contributed by atoms with Crippen LogP contribution in [0.25, 0.3) is 0 Å². The van der Waals surface area contributed by atoms with E-state index < -0.39 is 0 Å². The van der Waals surface area contributed by atoms with Gasteiger partial charge in [0.05, 0.1) is 11.9 Å². The smallest absolute Gasteiger partial charge is 0.331 e. The molecule has 0 N–H and O–H groups in total. The topological polar surface area (TPSA) is 56.8 Å². The third kappa shape index (κ3) is 3.63. The Kier molecular flexibility index (Phi) is 4.97. The quantitative estimate of drug-likeness (QED) is 0.845. The van der Waals surface area contributed by atoms with Crippen LogP contribution in [0.4, 0.5) is 16.2 Å². The molecule has 0 unspecified atom stereocenters. The number of pyridine rings is 1. The molecule has 1 aromatic heterocycles. The number of aryl methyl sites for hydroxylation is 1. The number of para-hydroxylation sites is 1. The van der Waals surface area contributed by atoms with E-state index in [1.165, 1.54) is 11.8 Å². The molecule has 3 rings (SSSR count). The lowest BCUT2D eigenvalue weighted by Gasteiger charge is -2.38. The van der Waals surface area contributed by atoms with Crippen LogP contribution in [-0.2, 0) is 4.79 Å². The van der Waals surface area contributed by atoms with Crippen LogP contribution < -0.4 is 9.80 Å². The minimum atomic E-state index is -0.299. The second-order valence-corrected chi connectivity index (χ2v) is 6.11. The number of piperazine rings is 1. The number of rotatable bonds is 2. The van der Waals surface area contributed by atoms with Crippen molar-refractivity contribution < 1.29 is 9.59 Å². The van der Waals surface area contributed by atoms with Gasteiger partial charge in [0.2, 0.25) is 5.91 Å². The zero-order chi connectivity index (χ0) is 17.8. The average Bonchev–Trinajstić information content (AvgIpc) is 2.64. The van der Waals surface area contributed by atoms with E-state index in [9.17, 15) is 9.59 Å². The molecular formula is C19H22N4O2. The standard InChI is InChI=1S/C19H22N4O2/c1-15-8-9-20-14-18(15)23(16(2)24)19(25)22-12-10-21(11-13-22)17-6-4-3-5-7-17/h3-9,14H,10-13H2,1-2H3. The van der Waals surface area contributed by atoms with Crippen molar-refractivity contribution in [3.05, 3.63) is 54.4 Å². The Morgan fingerprint density at radius 2 is 1.72 bits per heavy atom. The first-order valence-corrected chi connectivity index (χ1v) is 8.38. The molecule has 0 saturated carbocycles. The molecule has 1 aromatic carbocycles. The van der Waals surface area contributed by atoms with Crippen molar-refractivity contribution in [3.63, 3.8) is 0 Å². The van der Waals surface area contributed by atoms with Crippen LogP contribution in [0.5, 0.6) is 0 Å². The molecule has 1 aliphatic rings. The van der Waals surface area contributed by atoms with E-state index >= 15 is 0 Å². The maximum absolute atomic E-state index is 12.9. The Morgan fingerprint density at radius 3 is 2.32 bits per heavy atom. The first-order chi connectivity index (χ1) is 12.1. The van der Waals surface area contributed by atoms with Crippen LogP contribution in [-0.4, -0.2) is 48.0 Å². The monoisotopic (exact) mass is 338 g/mol. The van der Waals surface area contributed by atoms with Crippen molar-refractivity contribution in [1.82, 2.24) is 9.88 Å². The van der Waals surface area contributed by atoms with Crippen LogP contribution in [0.15, 0.2) is 48.8 Å². The van der Waals surface area contributed by atoms with Crippen molar-refractivity contribution in [2.45, 2.75) is 13.8 Å². The predicted molar refractivity (Wildman–Crippen MR) is 97.8 cm³/mol. The molecule has 2 aromatic rings. The van der Waals surface area contributed by atoms with E-state index in [0.717, 1.165) is 24.3 Å². The Hall–Kier alpha value is -2.89. The van der Waals surface area contributed by atoms with E-state index in [0.29, 0.717) is 18.8 Å². The molecule has 0 spiro atoms. The van der Waals surface area contributed by atoms with Gasteiger partial charge in [-0.1, -0.05) is 18.2 Å². The molecule has 0 radical (unpaired) electrons. The van der Waals surface area contributed by atoms with Gasteiger partial charge in [0.15, 0.2) is 0 Å². The maximum Gasteiger partial charge on any atom is 0.331 e. The number of hydrogen-bond acceptors (Lipinski definition) is 4. The Bertz CT molecular complexity index is 755. The second kappa shape index (κ2) is 7.34. The molecule has 130 valence electrons. The molecule has 0 atom stereocenters. The summed E-state index contributed by atoms with van der Waals surface area (Å²) in [6.07, 6.45) is 3.22. The number of carbonyl (C=O) groups excluding carboxylic acids is 2. The number of aromatic nitrogens is 1. The van der Waals surface area contributed by atoms with Crippen molar-refractivity contribution in [2.75, 3.05) is 36.0 Å². The van der Waals surface area contributed by atoms with Crippen LogP contribution in [0, 0.1) is 6.92 Å². The van der Waals surface area contributed by atoms with Gasteiger partial charge >= 0.3 is 6.03 Å². The SMILES string of the molecule is CC(=O)N(C(=O)N1CCN(c2ccccc2)CC1)c1cnccc1C. The highest BCUT2D eigenvalue weighted by atomic mass is 16.2. The zero-order valence-corrected chi connectivity index (χ0v) is 14.6. The van der Waals surface area contributed by atoms with Gasteiger partial charge in [-0.05, 0) is 30.7 Å². The number of nitrogens with zero attached hydrogens (tertiary/aromatic N) is 4. The fraction of sp³-hybridized carbons (Fsp3) is 0.316. The molecule has 2 heterocycles. The molecular weight excluding hydrogens is 316 g/mol. The first kappa shape index (κ1) is 17.0. The minimum absolute atomic E-state index is 0.281. The van der Waals surface area contributed by atoms with Crippen molar-refractivity contribution in [2.24, 2.45) is 0 Å². The van der Waals surface area contributed by atoms with Crippen molar-refractivity contribution in [1.29, 1.82) is 0 Å². The number of imide groups is 1. The van der Waals surface area contributed by atoms with Gasteiger partial charge < -0.3 is 9.80 Å². The highest BCUT2D eigenvalue weighted by Gasteiger charge is 2.29. The average molecular weight is 338 g/mol. The molecule has 1 fully saturated rings. The van der Waals surface area contributed by atoms with Crippen LogP contribution >= 0.6 is 0 Å². The number of anilines is 2. The molecule has 3 amide bonds. The van der Waals surface area contributed by atoms with Gasteiger partial charge in [-0.3, -0.25) is 9.78 Å². The van der Waals surface area contributed by atoms with Crippen LogP contribution in [0.3, 0.4) is 0 Å². The van der Waals surface area contributed by atoms with Crippen molar-refractivity contribution >= 4 is 23.3 Å². The molecule has 6 heteroatoms. The van der Waals surface area contributed by atoms with Gasteiger partial charge in [0.25, 0.3) is 0 Å². The van der Waals surface area contributed by atoms with E-state index in [1.807, 2.05) is 25.1 Å². The first-order valence-electron chi connectivity index (χ1n) is 8.38. The normalized spacial score (nSPS) is 14.3. The summed E-state index contributed by atoms with van der Waals surface area (Å²) < 4.78 is 0. The highest BCUT2D eigenvalue weighted by Crippen LogP contribution is 2.22. The molecule has 1 aliphatic heterocycles. The predicted octanol–water partition coefficient (Wildman–Crippen LogP) is 2.69. The molecule has 25 heavy (non-hydrogen) atoms. The van der Waals surface area contributed by atoms with E-state index in [2.05, 4.69) is 22.0 Å². The van der Waals surface area contributed by atoms with Gasteiger partial charge in [-0.25, -0.2) is 9.69 Å². The fourth-order valence-corrected chi connectivity index (χ4v) is 3.03. The Labute approximate surface area is 147 Å². The highest BCUT2D eigenvalue weighted by molar-refractivity contribution is 6.13. The van der Waals surface area contributed by atoms with Crippen molar-refractivity contribution in [3.8, 4) is 0 Å². The van der Waals surface area contributed by atoms with Crippen LogP contribution in [0.2, 0.25) is 0 Å². The summed E-state index contributed by atoms with van der Waals surface area (Å²) in [5, 5.41) is 0. The van der Waals surface area contributed by atoms with Gasteiger partial charge in [0.1, 0.15) is 0 Å². The fourth-order valence-electron chi connectivity index (χ4n) is 3.03.